The van der Waals surface area contributed by atoms with E-state index in [0.29, 0.717) is 17.0 Å². The number of hydrogen-bond donors (Lipinski definition) is 1. The molecule has 3 aromatic heterocycles. The van der Waals surface area contributed by atoms with E-state index in [4.69, 9.17) is 4.74 Å². The van der Waals surface area contributed by atoms with Crippen molar-refractivity contribution in [2.75, 3.05) is 7.11 Å². The van der Waals surface area contributed by atoms with E-state index in [-0.39, 0.29) is 0 Å². The highest BCUT2D eigenvalue weighted by Gasteiger charge is 2.21. The number of nitriles is 1. The van der Waals surface area contributed by atoms with Gasteiger partial charge in [0.1, 0.15) is 23.3 Å². The number of pyridine rings is 1. The van der Waals surface area contributed by atoms with Gasteiger partial charge in [0.25, 0.3) is 0 Å². The molecule has 0 bridgehead atoms. The van der Waals surface area contributed by atoms with Gasteiger partial charge < -0.3 is 9.72 Å². The number of methoxy groups -OCH3 is 1. The van der Waals surface area contributed by atoms with E-state index in [1.807, 2.05) is 32.9 Å². The highest BCUT2D eigenvalue weighted by atomic mass is 127. The Bertz CT molecular complexity index is 1290. The van der Waals surface area contributed by atoms with E-state index in [9.17, 15) is 5.26 Å². The molecule has 7 heteroatoms. The monoisotopic (exact) mass is 495 g/mol. The number of aryl methyl sites for hydroxylation is 2. The maximum atomic E-state index is 10.1. The van der Waals surface area contributed by atoms with Crippen LogP contribution in [0.15, 0.2) is 30.7 Å². The number of nitrogens with one attached hydrogen (secondary N) is 1. The van der Waals surface area contributed by atoms with E-state index in [1.165, 1.54) is 0 Å². The highest BCUT2D eigenvalue weighted by molar-refractivity contribution is 14.1. The van der Waals surface area contributed by atoms with Gasteiger partial charge in [0.05, 0.1) is 23.8 Å². The third kappa shape index (κ3) is 3.13. The molecule has 0 aliphatic heterocycles. The van der Waals surface area contributed by atoms with Crippen molar-refractivity contribution in [3.05, 3.63) is 56.8 Å². The third-order valence-corrected chi connectivity index (χ3v) is 6.13. The second-order valence-corrected chi connectivity index (χ2v) is 7.88. The van der Waals surface area contributed by atoms with Crippen molar-refractivity contribution in [1.29, 1.82) is 5.26 Å². The van der Waals surface area contributed by atoms with Gasteiger partial charge in [0.2, 0.25) is 0 Å². The summed E-state index contributed by atoms with van der Waals surface area (Å²) in [6, 6.07) is 6.36. The van der Waals surface area contributed by atoms with Crippen LogP contribution in [-0.2, 0) is 0 Å². The fourth-order valence-corrected chi connectivity index (χ4v) is 4.58. The van der Waals surface area contributed by atoms with Gasteiger partial charge in [-0.3, -0.25) is 0 Å². The van der Waals surface area contributed by atoms with E-state index in [2.05, 4.69) is 48.6 Å². The number of hydrogen-bond acceptors (Lipinski definition) is 5. The predicted octanol–water partition coefficient (Wildman–Crippen LogP) is 5.10. The molecule has 1 aromatic carbocycles. The minimum Gasteiger partial charge on any atom is -0.496 e. The summed E-state index contributed by atoms with van der Waals surface area (Å²) < 4.78 is 6.42. The largest absolute Gasteiger partial charge is 0.496 e. The molecule has 144 valence electrons. The Kier molecular flexibility index (Phi) is 4.96. The van der Waals surface area contributed by atoms with Crippen LogP contribution in [0.3, 0.4) is 0 Å². The average molecular weight is 495 g/mol. The standard InChI is InChI=1S/C22H18IN5O/c1-11-5-6-17(29-4)12(2)18(11)16-10-27-22-19(15(16)7-24)20(23)21(28-22)14-8-25-13(3)26-9-14/h5-6,8-10H,1-4H3,(H,27,28). The molecule has 0 fully saturated rings. The van der Waals surface area contributed by atoms with E-state index in [1.54, 1.807) is 25.7 Å². The molecule has 0 amide bonds. The lowest BCUT2D eigenvalue weighted by molar-refractivity contribution is 0.412. The molecule has 1 N–H and O–H groups in total. The van der Waals surface area contributed by atoms with Crippen LogP contribution < -0.4 is 4.74 Å². The molecule has 0 unspecified atom stereocenters. The molecule has 0 spiro atoms. The minimum absolute atomic E-state index is 0.592. The van der Waals surface area contributed by atoms with Gasteiger partial charge >= 0.3 is 0 Å². The average Bonchev–Trinajstić information content (AvgIpc) is 3.05. The van der Waals surface area contributed by atoms with Crippen LogP contribution >= 0.6 is 22.6 Å². The Morgan fingerprint density at radius 3 is 2.45 bits per heavy atom. The van der Waals surface area contributed by atoms with Crippen molar-refractivity contribution in [3.63, 3.8) is 0 Å². The van der Waals surface area contributed by atoms with Crippen molar-refractivity contribution in [2.24, 2.45) is 0 Å². The quantitative estimate of drug-likeness (QED) is 0.400. The first kappa shape index (κ1) is 19.3. The SMILES string of the molecule is COc1ccc(C)c(-c2cnc3[nH]c(-c4cnc(C)nc4)c(I)c3c2C#N)c1C. The molecule has 0 aliphatic carbocycles. The Balaban J connectivity index is 2.01. The molecular weight excluding hydrogens is 477 g/mol. The number of aromatic nitrogens is 4. The summed E-state index contributed by atoms with van der Waals surface area (Å²) >= 11 is 2.26. The third-order valence-electron chi connectivity index (χ3n) is 5.06. The second kappa shape index (κ2) is 7.44. The van der Waals surface area contributed by atoms with E-state index < -0.39 is 0 Å². The second-order valence-electron chi connectivity index (χ2n) is 6.80. The normalized spacial score (nSPS) is 10.9. The molecular formula is C22H18IN5O. The van der Waals surface area contributed by atoms with Gasteiger partial charge in [0, 0.05) is 33.3 Å². The molecule has 0 radical (unpaired) electrons. The van der Waals surface area contributed by atoms with Crippen molar-refractivity contribution >= 4 is 33.6 Å². The zero-order valence-electron chi connectivity index (χ0n) is 16.5. The van der Waals surface area contributed by atoms with Crippen molar-refractivity contribution in [1.82, 2.24) is 19.9 Å². The fraction of sp³-hybridized carbons (Fsp3) is 0.182. The van der Waals surface area contributed by atoms with Gasteiger partial charge in [-0.05, 0) is 66.1 Å². The number of nitrogens with zero attached hydrogens (tertiary/aromatic N) is 4. The van der Waals surface area contributed by atoms with Gasteiger partial charge in [-0.2, -0.15) is 5.26 Å². The number of fused-ring (bicyclic) bond motifs is 1. The number of rotatable bonds is 3. The van der Waals surface area contributed by atoms with Crippen LogP contribution in [0, 0.1) is 35.7 Å². The molecule has 0 saturated heterocycles. The van der Waals surface area contributed by atoms with Gasteiger partial charge in [-0.25, -0.2) is 15.0 Å². The smallest absolute Gasteiger partial charge is 0.140 e. The minimum atomic E-state index is 0.592. The maximum absolute atomic E-state index is 10.1. The summed E-state index contributed by atoms with van der Waals surface area (Å²) in [6.07, 6.45) is 5.31. The lowest BCUT2D eigenvalue weighted by Gasteiger charge is -2.15. The molecule has 4 rings (SSSR count). The number of halogens is 1. The summed E-state index contributed by atoms with van der Waals surface area (Å²) in [5, 5.41) is 10.9. The summed E-state index contributed by atoms with van der Waals surface area (Å²) in [5.74, 6) is 1.50. The first-order valence-corrected chi connectivity index (χ1v) is 10.1. The van der Waals surface area contributed by atoms with Gasteiger partial charge in [0.15, 0.2) is 0 Å². The number of benzene rings is 1. The van der Waals surface area contributed by atoms with Crippen LogP contribution in [0.1, 0.15) is 22.5 Å². The molecule has 3 heterocycles. The maximum Gasteiger partial charge on any atom is 0.140 e. The Morgan fingerprint density at radius 1 is 1.07 bits per heavy atom. The topological polar surface area (TPSA) is 87.5 Å². The first-order chi connectivity index (χ1) is 14.0. The van der Waals surface area contributed by atoms with E-state index in [0.717, 1.165) is 48.2 Å². The molecule has 0 atom stereocenters. The highest BCUT2D eigenvalue weighted by Crippen LogP contribution is 2.39. The van der Waals surface area contributed by atoms with Crippen LogP contribution in [0.25, 0.3) is 33.4 Å². The zero-order chi connectivity index (χ0) is 20.7. The Morgan fingerprint density at radius 2 is 1.79 bits per heavy atom. The lowest BCUT2D eigenvalue weighted by Crippen LogP contribution is -1.97. The molecule has 0 saturated carbocycles. The van der Waals surface area contributed by atoms with Crippen molar-refractivity contribution < 1.29 is 4.74 Å². The fourth-order valence-electron chi connectivity index (χ4n) is 3.61. The Hall–Kier alpha value is -2.99. The number of ether oxygens (including phenoxy) is 1. The van der Waals surface area contributed by atoms with Crippen LogP contribution in [0.4, 0.5) is 0 Å². The van der Waals surface area contributed by atoms with E-state index >= 15 is 0 Å². The molecule has 4 aromatic rings. The molecule has 29 heavy (non-hydrogen) atoms. The summed E-state index contributed by atoms with van der Waals surface area (Å²) in [7, 11) is 1.65. The van der Waals surface area contributed by atoms with Gasteiger partial charge in [-0.1, -0.05) is 6.07 Å². The van der Waals surface area contributed by atoms with Crippen LogP contribution in [-0.4, -0.2) is 27.0 Å². The molecule has 0 aliphatic rings. The summed E-state index contributed by atoms with van der Waals surface area (Å²) in [5.41, 5.74) is 6.82. The number of aromatic amines is 1. The predicted molar refractivity (Wildman–Crippen MR) is 121 cm³/mol. The van der Waals surface area contributed by atoms with Crippen molar-refractivity contribution in [3.8, 4) is 34.2 Å². The number of H-pyrrole nitrogens is 1. The van der Waals surface area contributed by atoms with Crippen LogP contribution in [0.5, 0.6) is 5.75 Å². The Labute approximate surface area is 182 Å². The summed E-state index contributed by atoms with van der Waals surface area (Å²) in [6.45, 7) is 5.88. The van der Waals surface area contributed by atoms with Gasteiger partial charge in [-0.15, -0.1) is 0 Å². The zero-order valence-corrected chi connectivity index (χ0v) is 18.6. The molecule has 6 nitrogen and oxygen atoms in total. The van der Waals surface area contributed by atoms with Crippen molar-refractivity contribution in [2.45, 2.75) is 20.8 Å². The van der Waals surface area contributed by atoms with Crippen LogP contribution in [0.2, 0.25) is 0 Å². The summed E-state index contributed by atoms with van der Waals surface area (Å²) in [4.78, 5) is 16.5. The lowest BCUT2D eigenvalue weighted by atomic mass is 9.92. The first-order valence-electron chi connectivity index (χ1n) is 9.00.